The number of thiophene rings is 1. The van der Waals surface area contributed by atoms with Gasteiger partial charge in [-0.25, -0.2) is 0 Å². The van der Waals surface area contributed by atoms with Crippen LogP contribution < -0.4 is 0 Å². The molecule has 72 valence electrons. The number of hydrogen-bond donors (Lipinski definition) is 0. The molecule has 0 spiro atoms. The van der Waals surface area contributed by atoms with Crippen molar-refractivity contribution in [2.24, 2.45) is 0 Å². The van der Waals surface area contributed by atoms with E-state index in [9.17, 15) is 0 Å². The highest BCUT2D eigenvalue weighted by atomic mass is 35.5. The molecule has 0 fully saturated rings. The van der Waals surface area contributed by atoms with Gasteiger partial charge in [-0.15, -0.1) is 0 Å². The molecule has 1 aromatic heterocycles. The molecule has 2 rings (SSSR count). The van der Waals surface area contributed by atoms with Crippen LogP contribution in [0.3, 0.4) is 0 Å². The maximum atomic E-state index is 6.07. The van der Waals surface area contributed by atoms with Gasteiger partial charge in [0, 0.05) is 10.6 Å². The predicted molar refractivity (Wildman–Crippen MR) is 64.8 cm³/mol. The first-order valence-corrected chi connectivity index (χ1v) is 5.93. The molecule has 1 heterocycles. The Balaban J connectivity index is 2.64. The first-order chi connectivity index (χ1) is 6.68. The van der Waals surface area contributed by atoms with Gasteiger partial charge >= 0.3 is 0 Å². The first kappa shape index (κ1) is 10.3. The van der Waals surface area contributed by atoms with Gasteiger partial charge in [0.05, 0.1) is 10.0 Å². The lowest BCUT2D eigenvalue weighted by atomic mass is 10.1. The van der Waals surface area contributed by atoms with Crippen LogP contribution in [0.4, 0.5) is 0 Å². The largest absolute Gasteiger partial charge is 0.152 e. The van der Waals surface area contributed by atoms with Gasteiger partial charge in [0.25, 0.3) is 0 Å². The zero-order chi connectivity index (χ0) is 10.1. The quantitative estimate of drug-likeness (QED) is 0.606. The van der Waals surface area contributed by atoms with Crippen LogP contribution in [0.15, 0.2) is 29.0 Å². The molecule has 2 aromatic rings. The summed E-state index contributed by atoms with van der Waals surface area (Å²) in [5.74, 6) is 0. The number of halogens is 3. The van der Waals surface area contributed by atoms with E-state index in [1.54, 1.807) is 17.4 Å². The topological polar surface area (TPSA) is 0 Å². The molecule has 0 aliphatic carbocycles. The molecular formula is C10H5Cl3S. The van der Waals surface area contributed by atoms with Crippen LogP contribution >= 0.6 is 46.1 Å². The van der Waals surface area contributed by atoms with E-state index >= 15 is 0 Å². The van der Waals surface area contributed by atoms with Crippen LogP contribution in [-0.2, 0) is 0 Å². The molecular weight excluding hydrogens is 259 g/mol. The number of benzene rings is 1. The molecule has 1 aromatic carbocycles. The number of rotatable bonds is 1. The van der Waals surface area contributed by atoms with Crippen LogP contribution in [0.25, 0.3) is 11.1 Å². The first-order valence-electron chi connectivity index (χ1n) is 3.85. The summed E-state index contributed by atoms with van der Waals surface area (Å²) in [6.45, 7) is 0. The standard InChI is InChI=1S/C10H5Cl3S/c11-7-3-8(6-1-2-14-5-6)10(13)9(12)4-7/h1-5H. The van der Waals surface area contributed by atoms with Gasteiger partial charge in [0.1, 0.15) is 0 Å². The van der Waals surface area contributed by atoms with Crippen LogP contribution in [0.1, 0.15) is 0 Å². The molecule has 0 saturated carbocycles. The lowest BCUT2D eigenvalue weighted by Gasteiger charge is -2.04. The second kappa shape index (κ2) is 4.11. The lowest BCUT2D eigenvalue weighted by Crippen LogP contribution is -1.78. The summed E-state index contributed by atoms with van der Waals surface area (Å²) in [6, 6.07) is 5.44. The fraction of sp³-hybridized carbons (Fsp3) is 0. The van der Waals surface area contributed by atoms with Gasteiger partial charge in [0.2, 0.25) is 0 Å². The van der Waals surface area contributed by atoms with Crippen molar-refractivity contribution in [3.63, 3.8) is 0 Å². The zero-order valence-electron chi connectivity index (χ0n) is 6.93. The SMILES string of the molecule is Clc1cc(Cl)c(Cl)c(-c2ccsc2)c1. The minimum Gasteiger partial charge on any atom is -0.152 e. The third kappa shape index (κ3) is 1.91. The summed E-state index contributed by atoms with van der Waals surface area (Å²) >= 11 is 19.5. The summed E-state index contributed by atoms with van der Waals surface area (Å²) < 4.78 is 0. The van der Waals surface area contributed by atoms with E-state index < -0.39 is 0 Å². The van der Waals surface area contributed by atoms with Crippen molar-refractivity contribution in [3.05, 3.63) is 44.0 Å². The van der Waals surface area contributed by atoms with E-state index in [2.05, 4.69) is 0 Å². The van der Waals surface area contributed by atoms with Crippen LogP contribution in [-0.4, -0.2) is 0 Å². The average molecular weight is 264 g/mol. The Hall–Kier alpha value is -0.210. The van der Waals surface area contributed by atoms with E-state index in [1.165, 1.54) is 0 Å². The maximum absolute atomic E-state index is 6.07. The Bertz CT molecular complexity index is 449. The number of hydrogen-bond acceptors (Lipinski definition) is 1. The third-order valence-corrected chi connectivity index (χ3v) is 3.53. The summed E-state index contributed by atoms with van der Waals surface area (Å²) in [5.41, 5.74) is 1.93. The minimum atomic E-state index is 0.486. The summed E-state index contributed by atoms with van der Waals surface area (Å²) in [5, 5.41) is 5.63. The predicted octanol–water partition coefficient (Wildman–Crippen LogP) is 5.38. The molecule has 14 heavy (non-hydrogen) atoms. The van der Waals surface area contributed by atoms with Gasteiger partial charge in [0.15, 0.2) is 0 Å². The van der Waals surface area contributed by atoms with Crippen molar-refractivity contribution in [1.82, 2.24) is 0 Å². The van der Waals surface area contributed by atoms with Crippen LogP contribution in [0.5, 0.6) is 0 Å². The second-order valence-corrected chi connectivity index (χ2v) is 4.76. The maximum Gasteiger partial charge on any atom is 0.0671 e. The van der Waals surface area contributed by atoms with Crippen LogP contribution in [0.2, 0.25) is 15.1 Å². The van der Waals surface area contributed by atoms with Gasteiger partial charge < -0.3 is 0 Å². The molecule has 4 heteroatoms. The highest BCUT2D eigenvalue weighted by Crippen LogP contribution is 2.37. The fourth-order valence-electron chi connectivity index (χ4n) is 1.18. The molecule has 0 nitrogen and oxygen atoms in total. The monoisotopic (exact) mass is 262 g/mol. The summed E-state index contributed by atoms with van der Waals surface area (Å²) in [6.07, 6.45) is 0. The Morgan fingerprint density at radius 3 is 2.50 bits per heavy atom. The molecule has 0 aliphatic heterocycles. The third-order valence-electron chi connectivity index (χ3n) is 1.83. The van der Waals surface area contributed by atoms with Crippen molar-refractivity contribution in [2.75, 3.05) is 0 Å². The fourth-order valence-corrected chi connectivity index (χ4v) is 2.55. The normalized spacial score (nSPS) is 10.5. The molecule has 0 amide bonds. The second-order valence-electron chi connectivity index (χ2n) is 2.76. The van der Waals surface area contributed by atoms with E-state index in [-0.39, 0.29) is 0 Å². The minimum absolute atomic E-state index is 0.486. The van der Waals surface area contributed by atoms with E-state index in [0.717, 1.165) is 11.1 Å². The Labute approximate surface area is 101 Å². The zero-order valence-corrected chi connectivity index (χ0v) is 10.0. The van der Waals surface area contributed by atoms with Crippen molar-refractivity contribution in [3.8, 4) is 11.1 Å². The van der Waals surface area contributed by atoms with Gasteiger partial charge in [-0.2, -0.15) is 11.3 Å². The summed E-state index contributed by atoms with van der Waals surface area (Å²) in [4.78, 5) is 0. The lowest BCUT2D eigenvalue weighted by molar-refractivity contribution is 1.67. The van der Waals surface area contributed by atoms with Crippen molar-refractivity contribution < 1.29 is 0 Å². The van der Waals surface area contributed by atoms with Gasteiger partial charge in [-0.1, -0.05) is 34.8 Å². The smallest absolute Gasteiger partial charge is 0.0671 e. The van der Waals surface area contributed by atoms with E-state index in [1.807, 2.05) is 22.9 Å². The summed E-state index contributed by atoms with van der Waals surface area (Å²) in [7, 11) is 0. The molecule has 0 N–H and O–H groups in total. The Morgan fingerprint density at radius 2 is 1.86 bits per heavy atom. The molecule has 0 bridgehead atoms. The van der Waals surface area contributed by atoms with Crippen molar-refractivity contribution in [1.29, 1.82) is 0 Å². The Morgan fingerprint density at radius 1 is 1.07 bits per heavy atom. The molecule has 0 saturated heterocycles. The van der Waals surface area contributed by atoms with Crippen molar-refractivity contribution in [2.45, 2.75) is 0 Å². The molecule has 0 atom stereocenters. The highest BCUT2D eigenvalue weighted by Gasteiger charge is 2.08. The van der Waals surface area contributed by atoms with Gasteiger partial charge in [-0.3, -0.25) is 0 Å². The van der Waals surface area contributed by atoms with Crippen molar-refractivity contribution >= 4 is 46.1 Å². The molecule has 0 unspecified atom stereocenters. The van der Waals surface area contributed by atoms with E-state index in [0.29, 0.717) is 15.1 Å². The highest BCUT2D eigenvalue weighted by molar-refractivity contribution is 7.08. The van der Waals surface area contributed by atoms with Gasteiger partial charge in [-0.05, 0) is 34.5 Å². The van der Waals surface area contributed by atoms with Crippen LogP contribution in [0, 0.1) is 0 Å². The average Bonchev–Trinajstić information content (AvgIpc) is 2.63. The Kier molecular flexibility index (Phi) is 3.03. The molecule has 0 aliphatic rings. The van der Waals surface area contributed by atoms with E-state index in [4.69, 9.17) is 34.8 Å². The molecule has 0 radical (unpaired) electrons.